The average Bonchev–Trinajstić information content (AvgIpc) is 3.17. The van der Waals surface area contributed by atoms with Gasteiger partial charge in [0, 0.05) is 60.5 Å². The third-order valence-electron chi connectivity index (χ3n) is 5.86. The van der Waals surface area contributed by atoms with Crippen molar-refractivity contribution < 1.29 is 9.53 Å². The topological polar surface area (TPSA) is 60.4 Å². The summed E-state index contributed by atoms with van der Waals surface area (Å²) in [6.07, 6.45) is 6.66. The number of ether oxygens (including phenoxy) is 1. The van der Waals surface area contributed by atoms with E-state index in [0.29, 0.717) is 0 Å². The zero-order valence-electron chi connectivity index (χ0n) is 18.9. The van der Waals surface area contributed by atoms with E-state index in [1.807, 2.05) is 14.1 Å². The van der Waals surface area contributed by atoms with Gasteiger partial charge in [-0.25, -0.2) is 0 Å². The Hall–Kier alpha value is -0.610. The summed E-state index contributed by atoms with van der Waals surface area (Å²) in [5.41, 5.74) is 0. The minimum Gasteiger partial charge on any atom is -0.381 e. The van der Waals surface area contributed by atoms with Gasteiger partial charge in [-0.1, -0.05) is 0 Å². The highest BCUT2D eigenvalue weighted by atomic mass is 127. The first kappa shape index (κ1) is 26.4. The number of nitrogens with zero attached hydrogens (tertiary/aromatic N) is 4. The second kappa shape index (κ2) is 14.4. The van der Waals surface area contributed by atoms with Crippen LogP contribution in [0.3, 0.4) is 0 Å². The van der Waals surface area contributed by atoms with Crippen LogP contribution in [0.2, 0.25) is 0 Å². The SMILES string of the molecule is CCNC(=NCCCN1CCCC1C(=O)N(C)C)N(C)CCC1CCOCC1.I. The fourth-order valence-electron chi connectivity index (χ4n) is 4.12. The highest BCUT2D eigenvalue weighted by Crippen LogP contribution is 2.19. The van der Waals surface area contributed by atoms with E-state index in [1.165, 1.54) is 19.3 Å². The molecule has 7 nitrogen and oxygen atoms in total. The predicted molar refractivity (Wildman–Crippen MR) is 130 cm³/mol. The number of nitrogens with one attached hydrogen (secondary N) is 1. The van der Waals surface area contributed by atoms with Crippen molar-refractivity contribution in [1.82, 2.24) is 20.0 Å². The molecule has 1 atom stereocenters. The van der Waals surface area contributed by atoms with Crippen LogP contribution in [0.5, 0.6) is 0 Å². The van der Waals surface area contributed by atoms with Crippen LogP contribution in [0, 0.1) is 5.92 Å². The number of amides is 1. The van der Waals surface area contributed by atoms with Crippen LogP contribution in [0.15, 0.2) is 4.99 Å². The number of likely N-dealkylation sites (tertiary alicyclic amines) is 1. The molecule has 2 aliphatic rings. The minimum atomic E-state index is 0. The second-order valence-corrected chi connectivity index (χ2v) is 8.28. The van der Waals surface area contributed by atoms with E-state index < -0.39 is 0 Å². The summed E-state index contributed by atoms with van der Waals surface area (Å²) in [4.78, 5) is 23.4. The average molecular weight is 524 g/mol. The summed E-state index contributed by atoms with van der Waals surface area (Å²) in [5.74, 6) is 2.01. The lowest BCUT2D eigenvalue weighted by Gasteiger charge is -2.27. The van der Waals surface area contributed by atoms with Gasteiger partial charge in [-0.15, -0.1) is 24.0 Å². The Labute approximate surface area is 194 Å². The van der Waals surface area contributed by atoms with Gasteiger partial charge in [-0.3, -0.25) is 14.7 Å². The first-order valence-electron chi connectivity index (χ1n) is 11.0. The molecule has 29 heavy (non-hydrogen) atoms. The van der Waals surface area contributed by atoms with E-state index in [4.69, 9.17) is 9.73 Å². The Morgan fingerprint density at radius 2 is 1.93 bits per heavy atom. The van der Waals surface area contributed by atoms with Crippen LogP contribution in [0.4, 0.5) is 0 Å². The molecule has 2 fully saturated rings. The summed E-state index contributed by atoms with van der Waals surface area (Å²) in [6, 6.07) is 0.0642. The molecule has 2 rings (SSSR count). The van der Waals surface area contributed by atoms with E-state index in [2.05, 4.69) is 29.1 Å². The third kappa shape index (κ3) is 8.96. The monoisotopic (exact) mass is 523 g/mol. The van der Waals surface area contributed by atoms with Gasteiger partial charge in [0.25, 0.3) is 0 Å². The first-order chi connectivity index (χ1) is 13.5. The number of halogens is 1. The second-order valence-electron chi connectivity index (χ2n) is 8.28. The Kier molecular flexibility index (Phi) is 13.1. The van der Waals surface area contributed by atoms with E-state index >= 15 is 0 Å². The maximum atomic E-state index is 12.3. The Bertz CT molecular complexity index is 497. The molecule has 0 saturated carbocycles. The summed E-state index contributed by atoms with van der Waals surface area (Å²) < 4.78 is 5.46. The Balaban J connectivity index is 0.00000420. The molecular formula is C21H42IN5O2. The lowest BCUT2D eigenvalue weighted by atomic mass is 9.96. The lowest BCUT2D eigenvalue weighted by Crippen LogP contribution is -2.43. The van der Waals surface area contributed by atoms with Crippen molar-refractivity contribution in [3.8, 4) is 0 Å². The molecule has 8 heteroatoms. The zero-order valence-corrected chi connectivity index (χ0v) is 21.2. The van der Waals surface area contributed by atoms with Gasteiger partial charge >= 0.3 is 0 Å². The predicted octanol–water partition coefficient (Wildman–Crippen LogP) is 2.26. The number of carbonyl (C=O) groups is 1. The molecule has 0 spiro atoms. The highest BCUT2D eigenvalue weighted by molar-refractivity contribution is 14.0. The maximum Gasteiger partial charge on any atom is 0.239 e. The summed E-state index contributed by atoms with van der Waals surface area (Å²) in [6.45, 7) is 8.62. The molecule has 0 aliphatic carbocycles. The van der Waals surface area contributed by atoms with Crippen LogP contribution in [0.25, 0.3) is 0 Å². The molecule has 1 unspecified atom stereocenters. The van der Waals surface area contributed by atoms with Gasteiger partial charge in [-0.2, -0.15) is 0 Å². The quantitative estimate of drug-likeness (QED) is 0.218. The summed E-state index contributed by atoms with van der Waals surface area (Å²) in [5, 5.41) is 3.42. The van der Waals surface area contributed by atoms with Crippen LogP contribution < -0.4 is 5.32 Å². The van der Waals surface area contributed by atoms with Crippen molar-refractivity contribution in [2.45, 2.75) is 51.5 Å². The van der Waals surface area contributed by atoms with Crippen molar-refractivity contribution in [1.29, 1.82) is 0 Å². The Morgan fingerprint density at radius 3 is 2.59 bits per heavy atom. The van der Waals surface area contributed by atoms with Gasteiger partial charge in [0.05, 0.1) is 6.04 Å². The molecular weight excluding hydrogens is 481 g/mol. The molecule has 170 valence electrons. The number of hydrogen-bond acceptors (Lipinski definition) is 4. The highest BCUT2D eigenvalue weighted by Gasteiger charge is 2.30. The third-order valence-corrected chi connectivity index (χ3v) is 5.86. The number of aliphatic imine (C=N–C) groups is 1. The van der Waals surface area contributed by atoms with Crippen molar-refractivity contribution in [3.63, 3.8) is 0 Å². The number of likely N-dealkylation sites (N-methyl/N-ethyl adjacent to an activating group) is 1. The van der Waals surface area contributed by atoms with Crippen LogP contribution in [-0.4, -0.2) is 99.7 Å². The number of rotatable bonds is 9. The minimum absolute atomic E-state index is 0. The molecule has 0 bridgehead atoms. The van der Waals surface area contributed by atoms with E-state index in [0.717, 1.165) is 77.1 Å². The van der Waals surface area contributed by atoms with Crippen LogP contribution in [0.1, 0.15) is 45.4 Å². The fourth-order valence-corrected chi connectivity index (χ4v) is 4.12. The van der Waals surface area contributed by atoms with Gasteiger partial charge < -0.3 is 19.9 Å². The molecule has 0 aromatic carbocycles. The zero-order chi connectivity index (χ0) is 20.4. The maximum absolute atomic E-state index is 12.3. The first-order valence-corrected chi connectivity index (χ1v) is 11.0. The number of guanidine groups is 1. The molecule has 1 amide bonds. The standard InChI is InChI=1S/C21H41N5O2.HI/c1-5-22-21(25(4)15-9-18-10-16-28-17-11-18)23-12-7-14-26-13-6-8-19(26)20(27)24(2)3;/h18-19H,5-17H2,1-4H3,(H,22,23);1H. The molecule has 2 aliphatic heterocycles. The number of hydrogen-bond donors (Lipinski definition) is 1. The van der Waals surface area contributed by atoms with E-state index in [9.17, 15) is 4.79 Å². The van der Waals surface area contributed by atoms with Crippen molar-refractivity contribution >= 4 is 35.8 Å². The van der Waals surface area contributed by atoms with Crippen molar-refractivity contribution in [2.24, 2.45) is 10.9 Å². The lowest BCUT2D eigenvalue weighted by molar-refractivity contribution is -0.133. The Morgan fingerprint density at radius 1 is 1.21 bits per heavy atom. The molecule has 1 N–H and O–H groups in total. The van der Waals surface area contributed by atoms with Gasteiger partial charge in [0.15, 0.2) is 5.96 Å². The molecule has 2 heterocycles. The van der Waals surface area contributed by atoms with Gasteiger partial charge in [0.1, 0.15) is 0 Å². The van der Waals surface area contributed by atoms with Crippen molar-refractivity contribution in [3.05, 3.63) is 0 Å². The molecule has 0 radical (unpaired) electrons. The normalized spacial score (nSPS) is 21.0. The largest absolute Gasteiger partial charge is 0.381 e. The van der Waals surface area contributed by atoms with Crippen LogP contribution >= 0.6 is 24.0 Å². The number of carbonyl (C=O) groups excluding carboxylic acids is 1. The van der Waals surface area contributed by atoms with Crippen LogP contribution in [-0.2, 0) is 9.53 Å². The fraction of sp³-hybridized carbons (Fsp3) is 0.905. The van der Waals surface area contributed by atoms with E-state index in [1.54, 1.807) is 4.90 Å². The summed E-state index contributed by atoms with van der Waals surface area (Å²) >= 11 is 0. The van der Waals surface area contributed by atoms with Crippen molar-refractivity contribution in [2.75, 3.05) is 67.1 Å². The van der Waals surface area contributed by atoms with Gasteiger partial charge in [-0.05, 0) is 57.9 Å². The van der Waals surface area contributed by atoms with E-state index in [-0.39, 0.29) is 35.9 Å². The smallest absolute Gasteiger partial charge is 0.239 e. The molecule has 2 saturated heterocycles. The van der Waals surface area contributed by atoms with Gasteiger partial charge in [0.2, 0.25) is 5.91 Å². The molecule has 0 aromatic heterocycles. The molecule has 0 aromatic rings. The summed E-state index contributed by atoms with van der Waals surface area (Å²) in [7, 11) is 5.83.